The predicted molar refractivity (Wildman–Crippen MR) is 36.3 cm³/mol. The number of rotatable bonds is 3. The topological polar surface area (TPSA) is 66.7 Å². The lowest BCUT2D eigenvalue weighted by molar-refractivity contribution is -0.145. The highest BCUT2D eigenvalue weighted by Gasteiger charge is 2.06. The Hall–Kier alpha value is -1.19. The number of ketones is 1. The van der Waals surface area contributed by atoms with Gasteiger partial charge in [0.15, 0.2) is 0 Å². The minimum atomic E-state index is -1.47. The molecule has 0 rings (SSSR count). The Morgan fingerprint density at radius 2 is 2.00 bits per heavy atom. The van der Waals surface area contributed by atoms with Crippen LogP contribution >= 0.6 is 0 Å². The van der Waals surface area contributed by atoms with Gasteiger partial charge in [-0.05, 0) is 13.8 Å². The van der Waals surface area contributed by atoms with Crippen LogP contribution in [0.1, 0.15) is 13.8 Å². The average molecular weight is 143 g/mol. The van der Waals surface area contributed by atoms with Gasteiger partial charge in [-0.15, -0.1) is 0 Å². The molecule has 0 bridgehead atoms. The molecule has 0 spiro atoms. The molecule has 0 aliphatic heterocycles. The summed E-state index contributed by atoms with van der Waals surface area (Å²) in [5.74, 6) is -2.45. The zero-order chi connectivity index (χ0) is 8.15. The first-order valence-corrected chi connectivity index (χ1v) is 2.84. The first-order valence-electron chi connectivity index (χ1n) is 2.84. The van der Waals surface area contributed by atoms with Crippen molar-refractivity contribution in [2.24, 2.45) is 4.99 Å². The van der Waals surface area contributed by atoms with Gasteiger partial charge in [0.25, 0.3) is 5.78 Å². The number of carboxylic acids is 1. The minimum Gasteiger partial charge on any atom is -0.475 e. The minimum absolute atomic E-state index is 0.0386. The van der Waals surface area contributed by atoms with Crippen LogP contribution in [0.25, 0.3) is 0 Å². The summed E-state index contributed by atoms with van der Waals surface area (Å²) in [5, 5.41) is 8.05. The lowest BCUT2D eigenvalue weighted by atomic mass is 10.4. The number of carbonyl (C=O) groups excluding carboxylic acids is 1. The van der Waals surface area contributed by atoms with Crippen molar-refractivity contribution >= 4 is 18.0 Å². The molecule has 4 nitrogen and oxygen atoms in total. The van der Waals surface area contributed by atoms with Crippen molar-refractivity contribution in [2.75, 3.05) is 0 Å². The van der Waals surface area contributed by atoms with Crippen LogP contribution in [0.5, 0.6) is 0 Å². The third-order valence-corrected chi connectivity index (χ3v) is 0.701. The van der Waals surface area contributed by atoms with Crippen molar-refractivity contribution in [3.05, 3.63) is 0 Å². The van der Waals surface area contributed by atoms with Crippen LogP contribution in [0, 0.1) is 0 Å². The number of Topliss-reactive ketones (excluding diaryl/α,β-unsaturated/α-hetero) is 1. The zero-order valence-corrected chi connectivity index (χ0v) is 5.87. The maximum Gasteiger partial charge on any atom is 0.378 e. The van der Waals surface area contributed by atoms with Gasteiger partial charge in [0, 0.05) is 6.04 Å². The molecule has 10 heavy (non-hydrogen) atoms. The van der Waals surface area contributed by atoms with E-state index in [4.69, 9.17) is 5.11 Å². The van der Waals surface area contributed by atoms with E-state index in [1.54, 1.807) is 13.8 Å². The van der Waals surface area contributed by atoms with E-state index in [0.717, 1.165) is 6.21 Å². The fraction of sp³-hybridized carbons (Fsp3) is 0.500. The second-order valence-corrected chi connectivity index (χ2v) is 2.04. The van der Waals surface area contributed by atoms with Crippen LogP contribution in [0.15, 0.2) is 4.99 Å². The first-order chi connectivity index (χ1) is 4.54. The molecule has 0 fully saturated rings. The van der Waals surface area contributed by atoms with Crippen molar-refractivity contribution in [1.29, 1.82) is 0 Å². The summed E-state index contributed by atoms with van der Waals surface area (Å²) < 4.78 is 0. The maximum absolute atomic E-state index is 10.3. The van der Waals surface area contributed by atoms with Crippen LogP contribution in [-0.2, 0) is 9.59 Å². The van der Waals surface area contributed by atoms with E-state index in [0.29, 0.717) is 0 Å². The van der Waals surface area contributed by atoms with Crippen LogP contribution in [-0.4, -0.2) is 29.1 Å². The molecule has 4 heteroatoms. The highest BCUT2D eigenvalue weighted by Crippen LogP contribution is 1.82. The molecule has 56 valence electrons. The number of carboxylic acid groups (broad SMARTS) is 1. The highest BCUT2D eigenvalue weighted by molar-refractivity contribution is 6.56. The summed E-state index contributed by atoms with van der Waals surface area (Å²) >= 11 is 0. The summed E-state index contributed by atoms with van der Waals surface area (Å²) in [6.45, 7) is 3.51. The fourth-order valence-corrected chi connectivity index (χ4v) is 0.272. The van der Waals surface area contributed by atoms with Gasteiger partial charge in [-0.25, -0.2) is 4.79 Å². The lowest BCUT2D eigenvalue weighted by Gasteiger charge is -1.90. The average Bonchev–Trinajstić information content (AvgIpc) is 1.82. The van der Waals surface area contributed by atoms with Crippen molar-refractivity contribution in [1.82, 2.24) is 0 Å². The molecule has 0 aliphatic rings. The van der Waals surface area contributed by atoms with E-state index >= 15 is 0 Å². The van der Waals surface area contributed by atoms with Crippen molar-refractivity contribution in [3.63, 3.8) is 0 Å². The van der Waals surface area contributed by atoms with E-state index in [9.17, 15) is 9.59 Å². The Morgan fingerprint density at radius 1 is 1.50 bits per heavy atom. The SMILES string of the molecule is CC(C)N=CC(=O)C(=O)O. The van der Waals surface area contributed by atoms with Crippen LogP contribution in [0.3, 0.4) is 0 Å². The fourth-order valence-electron chi connectivity index (χ4n) is 0.272. The van der Waals surface area contributed by atoms with Gasteiger partial charge in [-0.2, -0.15) is 0 Å². The molecule has 0 saturated carbocycles. The summed E-state index contributed by atoms with van der Waals surface area (Å²) in [6, 6.07) is -0.0386. The number of aliphatic carboxylic acids is 1. The molecule has 0 aromatic rings. The van der Waals surface area contributed by atoms with Gasteiger partial charge >= 0.3 is 5.97 Å². The number of aliphatic imine (C=N–C) groups is 1. The van der Waals surface area contributed by atoms with E-state index in [1.165, 1.54) is 0 Å². The molecule has 0 unspecified atom stereocenters. The number of nitrogens with zero attached hydrogens (tertiary/aromatic N) is 1. The molecule has 0 aromatic carbocycles. The zero-order valence-electron chi connectivity index (χ0n) is 5.87. The molecular weight excluding hydrogens is 134 g/mol. The molecule has 0 amide bonds. The largest absolute Gasteiger partial charge is 0.475 e. The third-order valence-electron chi connectivity index (χ3n) is 0.701. The standard InChI is InChI=1S/C6H9NO3/c1-4(2)7-3-5(8)6(9)10/h3-4H,1-2H3,(H,9,10). The normalized spacial score (nSPS) is 10.7. The van der Waals surface area contributed by atoms with Gasteiger partial charge in [0.05, 0.1) is 6.21 Å². The van der Waals surface area contributed by atoms with Crippen molar-refractivity contribution in [3.8, 4) is 0 Å². The van der Waals surface area contributed by atoms with E-state index in [2.05, 4.69) is 4.99 Å². The second-order valence-electron chi connectivity index (χ2n) is 2.04. The number of carbonyl (C=O) groups is 2. The van der Waals surface area contributed by atoms with Gasteiger partial charge in [-0.1, -0.05) is 0 Å². The maximum atomic E-state index is 10.3. The number of hydrogen-bond acceptors (Lipinski definition) is 3. The Labute approximate surface area is 58.6 Å². The van der Waals surface area contributed by atoms with Gasteiger partial charge in [0.1, 0.15) is 0 Å². The van der Waals surface area contributed by atoms with Crippen molar-refractivity contribution < 1.29 is 14.7 Å². The first kappa shape index (κ1) is 8.81. The van der Waals surface area contributed by atoms with Gasteiger partial charge < -0.3 is 5.11 Å². The molecule has 0 atom stereocenters. The summed E-state index contributed by atoms with van der Waals surface area (Å²) in [6.07, 6.45) is 0.826. The molecule has 0 heterocycles. The highest BCUT2D eigenvalue weighted by atomic mass is 16.4. The third kappa shape index (κ3) is 3.77. The van der Waals surface area contributed by atoms with Crippen LogP contribution < -0.4 is 0 Å². The second kappa shape index (κ2) is 3.76. The smallest absolute Gasteiger partial charge is 0.378 e. The molecular formula is C6H9NO3. The van der Waals surface area contributed by atoms with Crippen molar-refractivity contribution in [2.45, 2.75) is 19.9 Å². The van der Waals surface area contributed by atoms with Gasteiger partial charge in [-0.3, -0.25) is 9.79 Å². The Kier molecular flexibility index (Phi) is 3.32. The Bertz CT molecular complexity index is 172. The molecule has 0 aliphatic carbocycles. The quantitative estimate of drug-likeness (QED) is 0.450. The summed E-state index contributed by atoms with van der Waals surface area (Å²) in [4.78, 5) is 23.8. The molecule has 0 radical (unpaired) electrons. The molecule has 0 aromatic heterocycles. The Balaban J connectivity index is 3.91. The van der Waals surface area contributed by atoms with Crippen LogP contribution in [0.4, 0.5) is 0 Å². The summed E-state index contributed by atoms with van der Waals surface area (Å²) in [5.41, 5.74) is 0. The Morgan fingerprint density at radius 3 is 2.30 bits per heavy atom. The predicted octanol–water partition coefficient (Wildman–Crippen LogP) is 0.119. The molecule has 0 saturated heterocycles. The lowest BCUT2D eigenvalue weighted by Crippen LogP contribution is -2.14. The summed E-state index contributed by atoms with van der Waals surface area (Å²) in [7, 11) is 0. The van der Waals surface area contributed by atoms with E-state index < -0.39 is 11.8 Å². The van der Waals surface area contributed by atoms with Crippen LogP contribution in [0.2, 0.25) is 0 Å². The van der Waals surface area contributed by atoms with Gasteiger partial charge in [0.2, 0.25) is 0 Å². The monoisotopic (exact) mass is 143 g/mol. The molecule has 1 N–H and O–H groups in total. The van der Waals surface area contributed by atoms with E-state index in [-0.39, 0.29) is 6.04 Å². The van der Waals surface area contributed by atoms with E-state index in [1.807, 2.05) is 0 Å². The number of hydrogen-bond donors (Lipinski definition) is 1.